The van der Waals surface area contributed by atoms with Gasteiger partial charge in [0.05, 0.1) is 6.61 Å². The fourth-order valence-corrected chi connectivity index (χ4v) is 3.43. The van der Waals surface area contributed by atoms with Crippen molar-refractivity contribution in [3.63, 3.8) is 0 Å². The van der Waals surface area contributed by atoms with E-state index in [-0.39, 0.29) is 34.3 Å². The lowest BCUT2D eigenvalue weighted by Gasteiger charge is -2.39. The number of phenols is 3. The van der Waals surface area contributed by atoms with Gasteiger partial charge in [0.25, 0.3) is 0 Å². The number of benzene rings is 2. The van der Waals surface area contributed by atoms with Gasteiger partial charge in [-0.2, -0.15) is 0 Å². The van der Waals surface area contributed by atoms with Crippen molar-refractivity contribution in [2.75, 3.05) is 6.61 Å². The summed E-state index contributed by atoms with van der Waals surface area (Å²) in [5.74, 6) is -2.17. The van der Waals surface area contributed by atoms with Crippen LogP contribution in [0.15, 0.2) is 36.1 Å². The third-order valence-electron chi connectivity index (χ3n) is 5.11. The van der Waals surface area contributed by atoms with E-state index >= 15 is 0 Å². The first-order chi connectivity index (χ1) is 15.2. The summed E-state index contributed by atoms with van der Waals surface area (Å²) < 4.78 is 16.3. The zero-order valence-electron chi connectivity index (χ0n) is 16.3. The number of allylic oxidation sites excluding steroid dienone is 1. The molecule has 0 amide bonds. The summed E-state index contributed by atoms with van der Waals surface area (Å²) in [7, 11) is 0. The smallest absolute Gasteiger partial charge is 0.235 e. The van der Waals surface area contributed by atoms with Crippen molar-refractivity contribution in [3.8, 4) is 28.7 Å². The number of aliphatic hydroxyl groups excluding tert-OH is 4. The van der Waals surface area contributed by atoms with Gasteiger partial charge in [-0.15, -0.1) is 0 Å². The average molecular weight is 448 g/mol. The van der Waals surface area contributed by atoms with Gasteiger partial charge in [0, 0.05) is 12.1 Å². The lowest BCUT2D eigenvalue weighted by molar-refractivity contribution is -0.277. The molecule has 170 valence electrons. The molecule has 4 rings (SSSR count). The number of phenolic OH excluding ortho intramolecular Hbond substituents is 3. The van der Waals surface area contributed by atoms with Crippen LogP contribution in [0.4, 0.5) is 0 Å². The van der Waals surface area contributed by atoms with E-state index in [4.69, 9.17) is 14.2 Å². The molecule has 0 bridgehead atoms. The molecule has 2 heterocycles. The van der Waals surface area contributed by atoms with Gasteiger partial charge < -0.3 is 50.0 Å². The third kappa shape index (κ3) is 3.83. The Morgan fingerprint density at radius 3 is 2.41 bits per heavy atom. The Labute approximate surface area is 180 Å². The summed E-state index contributed by atoms with van der Waals surface area (Å²) in [6.07, 6.45) is -6.51. The summed E-state index contributed by atoms with van der Waals surface area (Å²) in [5.41, 5.74) is 0.242. The van der Waals surface area contributed by atoms with E-state index < -0.39 is 48.8 Å². The van der Waals surface area contributed by atoms with Gasteiger partial charge in [-0.25, -0.2) is 0 Å². The van der Waals surface area contributed by atoms with Gasteiger partial charge in [-0.3, -0.25) is 4.79 Å². The monoisotopic (exact) mass is 448 g/mol. The Kier molecular flexibility index (Phi) is 5.67. The lowest BCUT2D eigenvalue weighted by Crippen LogP contribution is -2.60. The van der Waals surface area contributed by atoms with Crippen LogP contribution in [-0.2, 0) is 4.74 Å². The summed E-state index contributed by atoms with van der Waals surface area (Å²) in [6, 6.07) is 6.13. The fourth-order valence-electron chi connectivity index (χ4n) is 3.43. The second-order valence-electron chi connectivity index (χ2n) is 7.32. The van der Waals surface area contributed by atoms with Crippen LogP contribution < -0.4 is 9.47 Å². The van der Waals surface area contributed by atoms with Gasteiger partial charge >= 0.3 is 0 Å². The average Bonchev–Trinajstić information content (AvgIpc) is 3.06. The molecule has 2 aromatic carbocycles. The zero-order valence-corrected chi connectivity index (χ0v) is 16.3. The van der Waals surface area contributed by atoms with Crippen LogP contribution in [0.25, 0.3) is 6.08 Å². The first-order valence-corrected chi connectivity index (χ1v) is 9.50. The van der Waals surface area contributed by atoms with Crippen LogP contribution in [0.3, 0.4) is 0 Å². The van der Waals surface area contributed by atoms with Gasteiger partial charge in [-0.05, 0) is 23.8 Å². The maximum absolute atomic E-state index is 12.9. The van der Waals surface area contributed by atoms with E-state index in [1.54, 1.807) is 0 Å². The Balaban J connectivity index is 1.65. The van der Waals surface area contributed by atoms with Gasteiger partial charge in [-0.1, -0.05) is 6.07 Å². The van der Waals surface area contributed by atoms with Crippen molar-refractivity contribution < 1.29 is 54.8 Å². The summed E-state index contributed by atoms with van der Waals surface area (Å²) in [5, 5.41) is 68.4. The number of carbonyl (C=O) groups excluding carboxylic acids is 1. The highest BCUT2D eigenvalue weighted by molar-refractivity contribution is 6.16. The van der Waals surface area contributed by atoms with Crippen molar-refractivity contribution >= 4 is 11.9 Å². The molecule has 0 unspecified atom stereocenters. The van der Waals surface area contributed by atoms with Crippen LogP contribution in [-0.4, -0.2) is 78.8 Å². The number of carbonyl (C=O) groups is 1. The number of aliphatic hydroxyl groups is 4. The molecule has 1 saturated heterocycles. The number of ether oxygens (including phenoxy) is 3. The van der Waals surface area contributed by atoms with Crippen molar-refractivity contribution in [1.29, 1.82) is 0 Å². The standard InChI is InChI=1S/C21H20O11/c22-7-15-18(27)19(28)20(29)21(32-15)31-13-6-9(23)5-12-16(13)17(26)14(30-12)4-8-1-2-10(24)11(25)3-8/h1-6,15,18-25,27-29H,7H2/b14-4-/t15-,18-,19+,20-,21-/m1/s1. The molecule has 7 N–H and O–H groups in total. The second kappa shape index (κ2) is 8.30. The first kappa shape index (κ1) is 21.9. The number of rotatable bonds is 4. The molecule has 2 aromatic rings. The highest BCUT2D eigenvalue weighted by Crippen LogP contribution is 2.42. The molecule has 11 heteroatoms. The molecule has 32 heavy (non-hydrogen) atoms. The predicted octanol–water partition coefficient (Wildman–Crippen LogP) is -0.402. The molecule has 0 spiro atoms. The SMILES string of the molecule is O=C1/C(=C/c2ccc(O)c(O)c2)Oc2cc(O)cc(O[C@@H]3O[C@H](CO)[C@@H](O)[C@H](O)[C@H]3O)c21. The predicted molar refractivity (Wildman–Crippen MR) is 105 cm³/mol. The van der Waals surface area contributed by atoms with E-state index in [0.29, 0.717) is 5.56 Å². The minimum Gasteiger partial charge on any atom is -0.508 e. The van der Waals surface area contributed by atoms with Crippen LogP contribution in [0, 0.1) is 0 Å². The van der Waals surface area contributed by atoms with E-state index in [1.165, 1.54) is 30.3 Å². The van der Waals surface area contributed by atoms with Crippen molar-refractivity contribution in [1.82, 2.24) is 0 Å². The van der Waals surface area contributed by atoms with Crippen molar-refractivity contribution in [2.45, 2.75) is 30.7 Å². The molecule has 5 atom stereocenters. The molecule has 2 aliphatic rings. The van der Waals surface area contributed by atoms with E-state index in [0.717, 1.165) is 6.07 Å². The van der Waals surface area contributed by atoms with E-state index in [9.17, 15) is 40.5 Å². The Morgan fingerprint density at radius 2 is 1.72 bits per heavy atom. The Bertz CT molecular complexity index is 1080. The topological polar surface area (TPSA) is 186 Å². The van der Waals surface area contributed by atoms with E-state index in [1.807, 2.05) is 0 Å². The molecule has 1 fully saturated rings. The normalized spacial score (nSPS) is 28.4. The Morgan fingerprint density at radius 1 is 0.969 bits per heavy atom. The van der Waals surface area contributed by atoms with Crippen LogP contribution in [0.5, 0.6) is 28.7 Å². The maximum Gasteiger partial charge on any atom is 0.235 e. The largest absolute Gasteiger partial charge is 0.508 e. The number of aromatic hydroxyl groups is 3. The summed E-state index contributed by atoms with van der Waals surface area (Å²) >= 11 is 0. The maximum atomic E-state index is 12.9. The van der Waals surface area contributed by atoms with Crippen molar-refractivity contribution in [2.24, 2.45) is 0 Å². The highest BCUT2D eigenvalue weighted by Gasteiger charge is 2.45. The molecule has 0 saturated carbocycles. The fraction of sp³-hybridized carbons (Fsp3) is 0.286. The quantitative estimate of drug-likeness (QED) is 0.238. The van der Waals surface area contributed by atoms with Crippen LogP contribution in [0.1, 0.15) is 15.9 Å². The van der Waals surface area contributed by atoms with Gasteiger partial charge in [0.15, 0.2) is 17.3 Å². The molecular weight excluding hydrogens is 428 g/mol. The van der Waals surface area contributed by atoms with Gasteiger partial charge in [0.2, 0.25) is 12.1 Å². The lowest BCUT2D eigenvalue weighted by atomic mass is 9.99. The minimum atomic E-state index is -1.72. The molecule has 0 aromatic heterocycles. The van der Waals surface area contributed by atoms with Crippen LogP contribution in [0.2, 0.25) is 0 Å². The van der Waals surface area contributed by atoms with Crippen molar-refractivity contribution in [3.05, 3.63) is 47.2 Å². The first-order valence-electron chi connectivity index (χ1n) is 9.50. The molecule has 11 nitrogen and oxygen atoms in total. The number of fused-ring (bicyclic) bond motifs is 1. The zero-order chi connectivity index (χ0) is 23.2. The molecular formula is C21H20O11. The molecule has 0 radical (unpaired) electrons. The van der Waals surface area contributed by atoms with Gasteiger partial charge in [0.1, 0.15) is 47.2 Å². The highest BCUT2D eigenvalue weighted by atomic mass is 16.7. The molecule has 0 aliphatic carbocycles. The Hall–Kier alpha value is -3.35. The number of hydrogen-bond donors (Lipinski definition) is 7. The summed E-state index contributed by atoms with van der Waals surface area (Å²) in [4.78, 5) is 12.9. The number of hydrogen-bond acceptors (Lipinski definition) is 11. The number of Topliss-reactive ketones (excluding diaryl/α,β-unsaturated/α-hetero) is 1. The molecule has 2 aliphatic heterocycles. The minimum absolute atomic E-state index is 0.0520. The third-order valence-corrected chi connectivity index (χ3v) is 5.11. The van der Waals surface area contributed by atoms with Crippen LogP contribution >= 0.6 is 0 Å². The number of ketones is 1. The summed E-state index contributed by atoms with van der Waals surface area (Å²) in [6.45, 7) is -0.669. The second-order valence-corrected chi connectivity index (χ2v) is 7.32. The van der Waals surface area contributed by atoms with E-state index in [2.05, 4.69) is 0 Å².